The highest BCUT2D eigenvalue weighted by atomic mass is 32.2. The van der Waals surface area contributed by atoms with Gasteiger partial charge in [-0.25, -0.2) is 14.5 Å². The van der Waals surface area contributed by atoms with E-state index in [2.05, 4.69) is 22.0 Å². The molecular weight excluding hydrogens is 374 g/mol. The second-order valence-electron chi connectivity index (χ2n) is 6.34. The van der Waals surface area contributed by atoms with E-state index in [-0.39, 0.29) is 5.56 Å². The Morgan fingerprint density at radius 1 is 1.14 bits per heavy atom. The van der Waals surface area contributed by atoms with Crippen LogP contribution in [0.15, 0.2) is 57.1 Å². The Morgan fingerprint density at radius 2 is 2.00 bits per heavy atom. The molecule has 28 heavy (non-hydrogen) atoms. The van der Waals surface area contributed by atoms with Gasteiger partial charge in [0.05, 0.1) is 16.7 Å². The van der Waals surface area contributed by atoms with Gasteiger partial charge in [0.1, 0.15) is 5.82 Å². The molecular formula is C20H19N5O2S. The van der Waals surface area contributed by atoms with Crippen molar-refractivity contribution in [2.75, 3.05) is 0 Å². The highest BCUT2D eigenvalue weighted by Gasteiger charge is 2.17. The fourth-order valence-corrected chi connectivity index (χ4v) is 3.74. The smallest absolute Gasteiger partial charge is 0.267 e. The van der Waals surface area contributed by atoms with Crippen molar-refractivity contribution < 1.29 is 4.52 Å². The summed E-state index contributed by atoms with van der Waals surface area (Å²) in [6.07, 6.45) is 3.41. The minimum atomic E-state index is -0.146. The third-order valence-electron chi connectivity index (χ3n) is 4.25. The van der Waals surface area contributed by atoms with E-state index in [9.17, 15) is 4.79 Å². The summed E-state index contributed by atoms with van der Waals surface area (Å²) in [7, 11) is 0. The number of benzene rings is 1. The third-order valence-corrected chi connectivity index (χ3v) is 5.17. The Kier molecular flexibility index (Phi) is 5.21. The average molecular weight is 393 g/mol. The molecule has 0 radical (unpaired) electrons. The first-order valence-electron chi connectivity index (χ1n) is 9.05. The Hall–Kier alpha value is -3.00. The Labute approximate surface area is 165 Å². The molecule has 3 heterocycles. The summed E-state index contributed by atoms with van der Waals surface area (Å²) in [5.41, 5.74) is 1.40. The summed E-state index contributed by atoms with van der Waals surface area (Å²) in [4.78, 5) is 26.7. The Morgan fingerprint density at radius 3 is 2.82 bits per heavy atom. The van der Waals surface area contributed by atoms with Crippen LogP contribution < -0.4 is 5.56 Å². The summed E-state index contributed by atoms with van der Waals surface area (Å²) >= 11 is 1.38. The van der Waals surface area contributed by atoms with Crippen LogP contribution in [0.3, 0.4) is 0 Å². The number of aromatic nitrogens is 5. The van der Waals surface area contributed by atoms with Crippen LogP contribution in [0.1, 0.15) is 30.6 Å². The van der Waals surface area contributed by atoms with Gasteiger partial charge in [0.2, 0.25) is 5.89 Å². The third kappa shape index (κ3) is 3.55. The number of para-hydroxylation sites is 1. The molecule has 0 aliphatic rings. The summed E-state index contributed by atoms with van der Waals surface area (Å²) in [5.74, 6) is 2.21. The molecule has 0 saturated heterocycles. The maximum Gasteiger partial charge on any atom is 0.267 e. The van der Waals surface area contributed by atoms with Crippen molar-refractivity contribution in [3.05, 3.63) is 70.2 Å². The minimum absolute atomic E-state index is 0.146. The molecule has 0 fully saturated rings. The first kappa shape index (κ1) is 18.4. The SMILES string of the molecule is CCCc1noc(CSc2nc3ccccc3c(=O)n2-c2ncccc2C)n1. The zero-order valence-corrected chi connectivity index (χ0v) is 16.4. The van der Waals surface area contributed by atoms with Crippen LogP contribution in [0, 0.1) is 6.92 Å². The Balaban J connectivity index is 1.78. The Bertz CT molecular complexity index is 1180. The number of nitrogens with zero attached hydrogens (tertiary/aromatic N) is 5. The summed E-state index contributed by atoms with van der Waals surface area (Å²) in [6, 6.07) is 11.1. The van der Waals surface area contributed by atoms with Gasteiger partial charge in [0, 0.05) is 12.6 Å². The minimum Gasteiger partial charge on any atom is -0.338 e. The predicted molar refractivity (Wildman–Crippen MR) is 108 cm³/mol. The van der Waals surface area contributed by atoms with Crippen molar-refractivity contribution in [3.8, 4) is 5.82 Å². The number of aryl methyl sites for hydroxylation is 2. The number of thioether (sulfide) groups is 1. The van der Waals surface area contributed by atoms with Crippen molar-refractivity contribution in [3.63, 3.8) is 0 Å². The lowest BCUT2D eigenvalue weighted by molar-refractivity contribution is 0.384. The molecule has 142 valence electrons. The van der Waals surface area contributed by atoms with Crippen LogP contribution in [0.5, 0.6) is 0 Å². The molecule has 0 atom stereocenters. The van der Waals surface area contributed by atoms with E-state index >= 15 is 0 Å². The second-order valence-corrected chi connectivity index (χ2v) is 7.28. The van der Waals surface area contributed by atoms with Crippen molar-refractivity contribution in [2.24, 2.45) is 0 Å². The van der Waals surface area contributed by atoms with Crippen molar-refractivity contribution in [1.82, 2.24) is 24.7 Å². The van der Waals surface area contributed by atoms with Gasteiger partial charge in [-0.2, -0.15) is 4.98 Å². The van der Waals surface area contributed by atoms with Crippen molar-refractivity contribution in [1.29, 1.82) is 0 Å². The number of rotatable bonds is 6. The quantitative estimate of drug-likeness (QED) is 0.364. The number of fused-ring (bicyclic) bond motifs is 1. The second kappa shape index (κ2) is 7.93. The van der Waals surface area contributed by atoms with E-state index < -0.39 is 0 Å². The number of pyridine rings is 1. The molecule has 0 N–H and O–H groups in total. The van der Waals surface area contributed by atoms with Gasteiger partial charge in [-0.3, -0.25) is 4.79 Å². The van der Waals surface area contributed by atoms with Crippen LogP contribution >= 0.6 is 11.8 Å². The zero-order valence-electron chi connectivity index (χ0n) is 15.6. The lowest BCUT2D eigenvalue weighted by Gasteiger charge is -2.13. The van der Waals surface area contributed by atoms with E-state index in [1.165, 1.54) is 11.8 Å². The van der Waals surface area contributed by atoms with Gasteiger partial charge in [-0.05, 0) is 37.1 Å². The van der Waals surface area contributed by atoms with Gasteiger partial charge in [-0.1, -0.05) is 42.0 Å². The highest BCUT2D eigenvalue weighted by Crippen LogP contribution is 2.24. The predicted octanol–water partition coefficient (Wildman–Crippen LogP) is 3.72. The molecule has 0 spiro atoms. The van der Waals surface area contributed by atoms with E-state index in [1.54, 1.807) is 16.8 Å². The van der Waals surface area contributed by atoms with Gasteiger partial charge < -0.3 is 4.52 Å². The monoisotopic (exact) mass is 393 g/mol. The average Bonchev–Trinajstić information content (AvgIpc) is 3.15. The van der Waals surface area contributed by atoms with Crippen LogP contribution in [-0.4, -0.2) is 24.7 Å². The molecule has 0 amide bonds. The topological polar surface area (TPSA) is 86.7 Å². The molecule has 1 aromatic carbocycles. The van der Waals surface area contributed by atoms with Crippen molar-refractivity contribution >= 4 is 22.7 Å². The van der Waals surface area contributed by atoms with Gasteiger partial charge >= 0.3 is 0 Å². The van der Waals surface area contributed by atoms with Gasteiger partial charge in [0.25, 0.3) is 5.56 Å². The van der Waals surface area contributed by atoms with E-state index in [4.69, 9.17) is 9.51 Å². The number of hydrogen-bond acceptors (Lipinski definition) is 7. The summed E-state index contributed by atoms with van der Waals surface area (Å²) < 4.78 is 6.87. The molecule has 3 aromatic heterocycles. The molecule has 0 aliphatic heterocycles. The van der Waals surface area contributed by atoms with E-state index in [0.29, 0.717) is 39.3 Å². The van der Waals surface area contributed by atoms with E-state index in [0.717, 1.165) is 18.4 Å². The first-order chi connectivity index (χ1) is 13.7. The lowest BCUT2D eigenvalue weighted by atomic mass is 10.2. The van der Waals surface area contributed by atoms with Crippen LogP contribution in [0.2, 0.25) is 0 Å². The molecule has 0 bridgehead atoms. The number of hydrogen-bond donors (Lipinski definition) is 0. The molecule has 0 saturated carbocycles. The standard InChI is InChI=1S/C20H19N5O2S/c1-3-7-16-23-17(27-24-16)12-28-20-22-15-10-5-4-9-14(15)19(26)25(20)18-13(2)8-6-11-21-18/h4-6,8-11H,3,7,12H2,1-2H3. The first-order valence-corrected chi connectivity index (χ1v) is 10.0. The normalized spacial score (nSPS) is 11.2. The van der Waals surface area contributed by atoms with Gasteiger partial charge in [0.15, 0.2) is 11.0 Å². The van der Waals surface area contributed by atoms with Crippen LogP contribution in [0.4, 0.5) is 0 Å². The zero-order chi connectivity index (χ0) is 19.5. The largest absolute Gasteiger partial charge is 0.338 e. The highest BCUT2D eigenvalue weighted by molar-refractivity contribution is 7.98. The molecule has 7 nitrogen and oxygen atoms in total. The van der Waals surface area contributed by atoms with Gasteiger partial charge in [-0.15, -0.1) is 0 Å². The summed E-state index contributed by atoms with van der Waals surface area (Å²) in [6.45, 7) is 3.99. The lowest BCUT2D eigenvalue weighted by Crippen LogP contribution is -2.23. The van der Waals surface area contributed by atoms with Crippen LogP contribution in [-0.2, 0) is 12.2 Å². The molecule has 4 rings (SSSR count). The maximum absolute atomic E-state index is 13.2. The fourth-order valence-electron chi connectivity index (χ4n) is 2.91. The van der Waals surface area contributed by atoms with E-state index in [1.807, 2.05) is 37.3 Å². The molecule has 8 heteroatoms. The molecule has 4 aromatic rings. The molecule has 0 aliphatic carbocycles. The summed E-state index contributed by atoms with van der Waals surface area (Å²) in [5, 5.41) is 5.08. The van der Waals surface area contributed by atoms with Crippen molar-refractivity contribution in [2.45, 2.75) is 37.6 Å². The maximum atomic E-state index is 13.2. The molecule has 0 unspecified atom stereocenters. The van der Waals surface area contributed by atoms with Crippen LogP contribution in [0.25, 0.3) is 16.7 Å². The fraction of sp³-hybridized carbons (Fsp3) is 0.250.